The van der Waals surface area contributed by atoms with Crippen LogP contribution in [0.25, 0.3) is 11.4 Å². The van der Waals surface area contributed by atoms with Crippen LogP contribution >= 0.6 is 0 Å². The highest BCUT2D eigenvalue weighted by Gasteiger charge is 2.37. The summed E-state index contributed by atoms with van der Waals surface area (Å²) in [7, 11) is 0. The Kier molecular flexibility index (Phi) is 5.22. The topological polar surface area (TPSA) is 88.3 Å². The van der Waals surface area contributed by atoms with E-state index in [1.807, 2.05) is 0 Å². The number of nitrogens with zero attached hydrogens (tertiary/aromatic N) is 3. The van der Waals surface area contributed by atoms with Gasteiger partial charge in [0, 0.05) is 31.1 Å². The van der Waals surface area contributed by atoms with E-state index in [9.17, 15) is 22.8 Å². The number of nitrogens with one attached hydrogen (secondary N) is 1. The van der Waals surface area contributed by atoms with Gasteiger partial charge in [0.05, 0.1) is 17.2 Å². The fourth-order valence-electron chi connectivity index (χ4n) is 3.41. The van der Waals surface area contributed by atoms with Crippen molar-refractivity contribution >= 4 is 23.2 Å². The van der Waals surface area contributed by atoms with E-state index in [-0.39, 0.29) is 18.7 Å². The van der Waals surface area contributed by atoms with Crippen molar-refractivity contribution in [3.05, 3.63) is 60.0 Å². The predicted molar refractivity (Wildman–Crippen MR) is 105 cm³/mol. The van der Waals surface area contributed by atoms with Gasteiger partial charge in [-0.25, -0.2) is 0 Å². The molecule has 0 spiro atoms. The van der Waals surface area contributed by atoms with E-state index in [2.05, 4.69) is 15.5 Å². The van der Waals surface area contributed by atoms with Gasteiger partial charge in [0.15, 0.2) is 0 Å². The van der Waals surface area contributed by atoms with Gasteiger partial charge < -0.3 is 14.7 Å². The minimum atomic E-state index is -4.52. The fourth-order valence-corrected chi connectivity index (χ4v) is 3.41. The lowest BCUT2D eigenvalue weighted by Crippen LogP contribution is -2.28. The Balaban J connectivity index is 1.51. The molecule has 1 N–H and O–H groups in total. The average molecular weight is 430 g/mol. The Labute approximate surface area is 174 Å². The molecule has 1 saturated heterocycles. The number of alkyl halides is 3. The van der Waals surface area contributed by atoms with Crippen molar-refractivity contribution in [2.24, 2.45) is 5.92 Å². The summed E-state index contributed by atoms with van der Waals surface area (Å²) in [6.45, 7) is 1.62. The van der Waals surface area contributed by atoms with Crippen molar-refractivity contribution in [1.29, 1.82) is 0 Å². The molecule has 31 heavy (non-hydrogen) atoms. The number of aromatic nitrogens is 2. The molecule has 160 valence electrons. The van der Waals surface area contributed by atoms with Crippen LogP contribution in [0.3, 0.4) is 0 Å². The monoisotopic (exact) mass is 430 g/mol. The van der Waals surface area contributed by atoms with Crippen LogP contribution in [0.1, 0.15) is 17.9 Å². The molecule has 1 aliphatic heterocycles. The summed E-state index contributed by atoms with van der Waals surface area (Å²) in [5, 5.41) is 6.62. The number of para-hydroxylation sites is 1. The summed E-state index contributed by atoms with van der Waals surface area (Å²) < 4.78 is 44.0. The second kappa shape index (κ2) is 7.86. The molecule has 10 heteroatoms. The lowest BCUT2D eigenvalue weighted by molar-refractivity contribution is -0.137. The van der Waals surface area contributed by atoms with E-state index in [1.165, 1.54) is 17.0 Å². The molecule has 4 rings (SSSR count). The number of halogens is 3. The third kappa shape index (κ3) is 4.27. The van der Waals surface area contributed by atoms with Gasteiger partial charge in [-0.15, -0.1) is 0 Å². The Morgan fingerprint density at radius 2 is 1.97 bits per heavy atom. The molecule has 7 nitrogen and oxygen atoms in total. The molecule has 2 heterocycles. The van der Waals surface area contributed by atoms with Crippen molar-refractivity contribution in [3.8, 4) is 11.4 Å². The van der Waals surface area contributed by atoms with Crippen LogP contribution in [-0.4, -0.2) is 28.5 Å². The van der Waals surface area contributed by atoms with Gasteiger partial charge in [-0.1, -0.05) is 23.4 Å². The third-order valence-electron chi connectivity index (χ3n) is 4.93. The highest BCUT2D eigenvalue weighted by Crippen LogP contribution is 2.34. The Morgan fingerprint density at radius 3 is 2.68 bits per heavy atom. The van der Waals surface area contributed by atoms with E-state index in [1.54, 1.807) is 31.2 Å². The largest absolute Gasteiger partial charge is 0.416 e. The van der Waals surface area contributed by atoms with Crippen molar-refractivity contribution < 1.29 is 27.3 Å². The molecule has 1 aliphatic rings. The first-order chi connectivity index (χ1) is 14.7. The van der Waals surface area contributed by atoms with Crippen molar-refractivity contribution in [3.63, 3.8) is 0 Å². The molecule has 1 aromatic heterocycles. The Morgan fingerprint density at radius 1 is 1.19 bits per heavy atom. The number of carbonyl (C=O) groups is 2. The standard InChI is InChI=1S/C21H17F3N4O3/c1-12-25-19(27-31-12)16-7-2-3-8-17(16)26-20(30)13-9-18(29)28(11-13)15-6-4-5-14(10-15)21(22,23)24/h2-8,10,13H,9,11H2,1H3,(H,26,30). The zero-order valence-corrected chi connectivity index (χ0v) is 16.3. The fraction of sp³-hybridized carbons (Fsp3) is 0.238. The van der Waals surface area contributed by atoms with Crippen LogP contribution in [-0.2, 0) is 15.8 Å². The second-order valence-corrected chi connectivity index (χ2v) is 7.13. The van der Waals surface area contributed by atoms with Gasteiger partial charge in [-0.3, -0.25) is 9.59 Å². The average Bonchev–Trinajstić information content (AvgIpc) is 3.33. The van der Waals surface area contributed by atoms with Gasteiger partial charge in [-0.2, -0.15) is 18.2 Å². The summed E-state index contributed by atoms with van der Waals surface area (Å²) in [6, 6.07) is 11.4. The minimum Gasteiger partial charge on any atom is -0.339 e. The van der Waals surface area contributed by atoms with Gasteiger partial charge in [0.2, 0.25) is 23.5 Å². The second-order valence-electron chi connectivity index (χ2n) is 7.13. The minimum absolute atomic E-state index is 0.0184. The number of benzene rings is 2. The zero-order valence-electron chi connectivity index (χ0n) is 16.3. The number of aryl methyl sites for hydroxylation is 1. The molecule has 1 unspecified atom stereocenters. The maximum Gasteiger partial charge on any atom is 0.416 e. The molecule has 0 aliphatic carbocycles. The van der Waals surface area contributed by atoms with Crippen LogP contribution in [0.5, 0.6) is 0 Å². The third-order valence-corrected chi connectivity index (χ3v) is 4.93. The molecule has 1 fully saturated rings. The van der Waals surface area contributed by atoms with Gasteiger partial charge >= 0.3 is 6.18 Å². The zero-order chi connectivity index (χ0) is 22.2. The van der Waals surface area contributed by atoms with Crippen LogP contribution in [0.4, 0.5) is 24.5 Å². The van der Waals surface area contributed by atoms with Crippen molar-refractivity contribution in [2.75, 3.05) is 16.8 Å². The summed E-state index contributed by atoms with van der Waals surface area (Å²) in [4.78, 5) is 30.6. The number of carbonyl (C=O) groups excluding carboxylic acids is 2. The van der Waals surface area contributed by atoms with Gasteiger partial charge in [0.1, 0.15) is 0 Å². The van der Waals surface area contributed by atoms with E-state index < -0.39 is 29.5 Å². The maximum absolute atomic E-state index is 13.0. The smallest absolute Gasteiger partial charge is 0.339 e. The molecule has 2 amide bonds. The summed E-state index contributed by atoms with van der Waals surface area (Å²) >= 11 is 0. The molecule has 1 atom stereocenters. The van der Waals surface area contributed by atoms with Crippen LogP contribution in [0, 0.1) is 12.8 Å². The lowest BCUT2D eigenvalue weighted by atomic mass is 10.1. The SMILES string of the molecule is Cc1nc(-c2ccccc2NC(=O)C2CC(=O)N(c3cccc(C(F)(F)F)c3)C2)no1. The highest BCUT2D eigenvalue weighted by atomic mass is 19.4. The van der Waals surface area contributed by atoms with Crippen LogP contribution in [0.2, 0.25) is 0 Å². The van der Waals surface area contributed by atoms with Gasteiger partial charge in [0.25, 0.3) is 0 Å². The Bertz CT molecular complexity index is 1140. The number of anilines is 2. The lowest BCUT2D eigenvalue weighted by Gasteiger charge is -2.18. The van der Waals surface area contributed by atoms with E-state index >= 15 is 0 Å². The van der Waals surface area contributed by atoms with E-state index in [0.29, 0.717) is 23.0 Å². The molecular weight excluding hydrogens is 413 g/mol. The van der Waals surface area contributed by atoms with Crippen LogP contribution < -0.4 is 10.2 Å². The van der Waals surface area contributed by atoms with E-state index in [4.69, 9.17) is 4.52 Å². The number of amides is 2. The quantitative estimate of drug-likeness (QED) is 0.675. The summed E-state index contributed by atoms with van der Waals surface area (Å²) in [5.74, 6) is -0.880. The van der Waals surface area contributed by atoms with Gasteiger partial charge in [-0.05, 0) is 30.3 Å². The van der Waals surface area contributed by atoms with Crippen LogP contribution in [0.15, 0.2) is 53.1 Å². The molecule has 2 aromatic carbocycles. The molecule has 0 radical (unpaired) electrons. The number of hydrogen-bond acceptors (Lipinski definition) is 5. The highest BCUT2D eigenvalue weighted by molar-refractivity contribution is 6.04. The number of rotatable bonds is 4. The van der Waals surface area contributed by atoms with E-state index in [0.717, 1.165) is 12.1 Å². The predicted octanol–water partition coefficient (Wildman–Crippen LogP) is 4.06. The summed E-state index contributed by atoms with van der Waals surface area (Å²) in [5.41, 5.74) is 0.248. The molecule has 3 aromatic rings. The van der Waals surface area contributed by atoms with Crippen molar-refractivity contribution in [1.82, 2.24) is 10.1 Å². The molecular formula is C21H17F3N4O3. The number of hydrogen-bond donors (Lipinski definition) is 1. The first-order valence-electron chi connectivity index (χ1n) is 9.40. The summed E-state index contributed by atoms with van der Waals surface area (Å²) in [6.07, 6.45) is -4.63. The molecule has 0 saturated carbocycles. The first-order valence-corrected chi connectivity index (χ1v) is 9.40. The van der Waals surface area contributed by atoms with Crippen molar-refractivity contribution in [2.45, 2.75) is 19.5 Å². The normalized spacial score (nSPS) is 16.6. The first kappa shape index (κ1) is 20.6. The Hall–Kier alpha value is -3.69. The maximum atomic E-state index is 13.0. The molecule has 0 bridgehead atoms.